The standard InChI is InChI=1S/C22H25NO/c1-14-6-10-16(11-7-14)20-18-4-3-5-19(22(18)24)21(23-20)17-12-8-15(2)9-13-17/h6-13,18-21,23H,3-5H2,1-2H3. The summed E-state index contributed by atoms with van der Waals surface area (Å²) in [5.41, 5.74) is 5.02. The molecule has 124 valence electrons. The van der Waals surface area contributed by atoms with Crippen LogP contribution in [0.3, 0.4) is 0 Å². The van der Waals surface area contributed by atoms with E-state index in [2.05, 4.69) is 67.7 Å². The van der Waals surface area contributed by atoms with Gasteiger partial charge in [-0.15, -0.1) is 0 Å². The van der Waals surface area contributed by atoms with E-state index in [4.69, 9.17) is 0 Å². The molecule has 0 spiro atoms. The highest BCUT2D eigenvalue weighted by molar-refractivity contribution is 5.87. The quantitative estimate of drug-likeness (QED) is 0.871. The minimum absolute atomic E-state index is 0.133. The Hall–Kier alpha value is -1.93. The minimum Gasteiger partial charge on any atom is -0.302 e. The van der Waals surface area contributed by atoms with Crippen LogP contribution in [0.5, 0.6) is 0 Å². The third-order valence-electron chi connectivity index (χ3n) is 5.80. The molecular weight excluding hydrogens is 294 g/mol. The van der Waals surface area contributed by atoms with Crippen LogP contribution in [0.1, 0.15) is 53.6 Å². The van der Waals surface area contributed by atoms with Crippen molar-refractivity contribution in [2.45, 2.75) is 45.2 Å². The average Bonchev–Trinajstić information content (AvgIpc) is 2.57. The second kappa shape index (κ2) is 6.18. The highest BCUT2D eigenvalue weighted by Crippen LogP contribution is 2.45. The number of benzene rings is 2. The lowest BCUT2D eigenvalue weighted by atomic mass is 9.67. The molecule has 1 saturated heterocycles. The summed E-state index contributed by atoms with van der Waals surface area (Å²) in [5, 5.41) is 3.84. The van der Waals surface area contributed by atoms with E-state index in [1.165, 1.54) is 22.3 Å². The summed E-state index contributed by atoms with van der Waals surface area (Å²) in [7, 11) is 0. The summed E-state index contributed by atoms with van der Waals surface area (Å²) in [6, 6.07) is 17.6. The molecule has 0 radical (unpaired) electrons. The number of hydrogen-bond donors (Lipinski definition) is 1. The fourth-order valence-corrected chi connectivity index (χ4v) is 4.41. The van der Waals surface area contributed by atoms with Crippen molar-refractivity contribution in [1.82, 2.24) is 5.32 Å². The van der Waals surface area contributed by atoms with Crippen LogP contribution in [0, 0.1) is 25.7 Å². The van der Waals surface area contributed by atoms with Gasteiger partial charge in [0.1, 0.15) is 5.78 Å². The Morgan fingerprint density at radius 2 is 1.17 bits per heavy atom. The second-order valence-electron chi connectivity index (χ2n) is 7.49. The first-order chi connectivity index (χ1) is 11.6. The van der Waals surface area contributed by atoms with Crippen LogP contribution in [0.15, 0.2) is 48.5 Å². The van der Waals surface area contributed by atoms with Gasteiger partial charge in [0, 0.05) is 23.9 Å². The molecule has 2 nitrogen and oxygen atoms in total. The Bertz CT molecular complexity index is 670. The van der Waals surface area contributed by atoms with Crippen LogP contribution in [-0.4, -0.2) is 5.78 Å². The fourth-order valence-electron chi connectivity index (χ4n) is 4.41. The maximum Gasteiger partial charge on any atom is 0.142 e. The molecule has 4 unspecified atom stereocenters. The van der Waals surface area contributed by atoms with Crippen LogP contribution < -0.4 is 5.32 Å². The first-order valence-electron chi connectivity index (χ1n) is 9.06. The normalized spacial score (nSPS) is 29.5. The van der Waals surface area contributed by atoms with E-state index in [-0.39, 0.29) is 23.9 Å². The maximum absolute atomic E-state index is 13.1. The van der Waals surface area contributed by atoms with Crippen LogP contribution in [0.4, 0.5) is 0 Å². The van der Waals surface area contributed by atoms with Crippen LogP contribution in [0.25, 0.3) is 0 Å². The molecule has 1 aliphatic carbocycles. The Balaban J connectivity index is 1.71. The van der Waals surface area contributed by atoms with Gasteiger partial charge >= 0.3 is 0 Å². The fraction of sp³-hybridized carbons (Fsp3) is 0.409. The third kappa shape index (κ3) is 2.69. The van der Waals surface area contributed by atoms with E-state index in [1.807, 2.05) is 0 Å². The molecular formula is C22H25NO. The molecule has 0 aromatic heterocycles. The highest BCUT2D eigenvalue weighted by Gasteiger charge is 2.46. The van der Waals surface area contributed by atoms with Gasteiger partial charge in [-0.05, 0) is 37.8 Å². The van der Waals surface area contributed by atoms with Gasteiger partial charge in [-0.25, -0.2) is 0 Å². The molecule has 1 heterocycles. The van der Waals surface area contributed by atoms with E-state index in [1.54, 1.807) is 0 Å². The largest absolute Gasteiger partial charge is 0.302 e. The number of nitrogens with one attached hydrogen (secondary N) is 1. The van der Waals surface area contributed by atoms with Crippen molar-refractivity contribution >= 4 is 5.78 Å². The number of ketones is 1. The Kier molecular flexibility index (Phi) is 4.01. The monoisotopic (exact) mass is 319 g/mol. The maximum atomic E-state index is 13.1. The van der Waals surface area contributed by atoms with Gasteiger partial charge in [0.25, 0.3) is 0 Å². The first-order valence-corrected chi connectivity index (χ1v) is 9.06. The molecule has 4 rings (SSSR count). The van der Waals surface area contributed by atoms with Crippen molar-refractivity contribution in [3.05, 3.63) is 70.8 Å². The molecule has 1 saturated carbocycles. The molecule has 24 heavy (non-hydrogen) atoms. The van der Waals surface area contributed by atoms with Gasteiger partial charge in [0.05, 0.1) is 0 Å². The molecule has 2 heteroatoms. The van der Waals surface area contributed by atoms with Crippen LogP contribution in [0.2, 0.25) is 0 Å². The van der Waals surface area contributed by atoms with Gasteiger partial charge < -0.3 is 5.32 Å². The Labute approximate surface area is 144 Å². The van der Waals surface area contributed by atoms with Crippen molar-refractivity contribution in [1.29, 1.82) is 0 Å². The molecule has 1 N–H and O–H groups in total. The average molecular weight is 319 g/mol. The molecule has 2 bridgehead atoms. The van der Waals surface area contributed by atoms with E-state index < -0.39 is 0 Å². The van der Waals surface area contributed by atoms with Crippen molar-refractivity contribution in [2.24, 2.45) is 11.8 Å². The Morgan fingerprint density at radius 3 is 1.58 bits per heavy atom. The zero-order chi connectivity index (χ0) is 16.7. The first kappa shape index (κ1) is 15.6. The van der Waals surface area contributed by atoms with E-state index in [0.717, 1.165) is 19.3 Å². The zero-order valence-corrected chi connectivity index (χ0v) is 14.5. The smallest absolute Gasteiger partial charge is 0.142 e. The van der Waals surface area contributed by atoms with E-state index in [9.17, 15) is 4.79 Å². The van der Waals surface area contributed by atoms with Crippen molar-refractivity contribution in [3.8, 4) is 0 Å². The molecule has 2 aliphatic rings. The predicted octanol–water partition coefficient (Wildman–Crippen LogP) is 4.67. The number of aryl methyl sites for hydroxylation is 2. The number of piperidine rings is 1. The number of hydrogen-bond acceptors (Lipinski definition) is 2. The van der Waals surface area contributed by atoms with Gasteiger partial charge in [0.15, 0.2) is 0 Å². The van der Waals surface area contributed by atoms with Crippen molar-refractivity contribution < 1.29 is 4.79 Å². The summed E-state index contributed by atoms with van der Waals surface area (Å²) in [6.45, 7) is 4.21. The number of fused-ring (bicyclic) bond motifs is 2. The molecule has 2 aromatic rings. The third-order valence-corrected chi connectivity index (χ3v) is 5.80. The van der Waals surface area contributed by atoms with Crippen LogP contribution >= 0.6 is 0 Å². The van der Waals surface area contributed by atoms with Gasteiger partial charge in [0.2, 0.25) is 0 Å². The number of carbonyl (C=O) groups is 1. The van der Waals surface area contributed by atoms with Crippen molar-refractivity contribution in [3.63, 3.8) is 0 Å². The predicted molar refractivity (Wildman–Crippen MR) is 96.8 cm³/mol. The number of carbonyl (C=O) groups excluding carboxylic acids is 1. The molecule has 1 aliphatic heterocycles. The lowest BCUT2D eigenvalue weighted by Crippen LogP contribution is -2.50. The van der Waals surface area contributed by atoms with Gasteiger partial charge in [-0.3, -0.25) is 4.79 Å². The number of rotatable bonds is 2. The molecule has 4 atom stereocenters. The van der Waals surface area contributed by atoms with Crippen molar-refractivity contribution in [2.75, 3.05) is 0 Å². The van der Waals surface area contributed by atoms with E-state index >= 15 is 0 Å². The Morgan fingerprint density at radius 1 is 0.750 bits per heavy atom. The van der Waals surface area contributed by atoms with Gasteiger partial charge in [-0.2, -0.15) is 0 Å². The lowest BCUT2D eigenvalue weighted by Gasteiger charge is -2.45. The minimum atomic E-state index is 0.133. The molecule has 2 aromatic carbocycles. The number of Topliss-reactive ketones (excluding diaryl/α,β-unsaturated/α-hetero) is 1. The topological polar surface area (TPSA) is 29.1 Å². The molecule has 2 fully saturated rings. The zero-order valence-electron chi connectivity index (χ0n) is 14.5. The highest BCUT2D eigenvalue weighted by atomic mass is 16.1. The summed E-state index contributed by atoms with van der Waals surface area (Å²) < 4.78 is 0. The van der Waals surface area contributed by atoms with E-state index in [0.29, 0.717) is 5.78 Å². The molecule has 0 amide bonds. The second-order valence-corrected chi connectivity index (χ2v) is 7.49. The van der Waals surface area contributed by atoms with Gasteiger partial charge in [-0.1, -0.05) is 66.1 Å². The summed E-state index contributed by atoms with van der Waals surface area (Å²) >= 11 is 0. The SMILES string of the molecule is Cc1ccc(C2NC(c3ccc(C)cc3)C3CCCC2C3=O)cc1. The summed E-state index contributed by atoms with van der Waals surface area (Å²) in [4.78, 5) is 13.1. The summed E-state index contributed by atoms with van der Waals surface area (Å²) in [6.07, 6.45) is 3.19. The summed E-state index contributed by atoms with van der Waals surface area (Å²) in [5.74, 6) is 0.734. The van der Waals surface area contributed by atoms with Crippen LogP contribution in [-0.2, 0) is 4.79 Å². The lowest BCUT2D eigenvalue weighted by molar-refractivity contribution is -0.135.